The van der Waals surface area contributed by atoms with Gasteiger partial charge in [0.15, 0.2) is 0 Å². The zero-order valence-electron chi connectivity index (χ0n) is 13.6. The first-order chi connectivity index (χ1) is 12.1. The largest absolute Gasteiger partial charge is 0.449 e. The molecular weight excluding hydrogens is 324 g/mol. The second-order valence-electron chi connectivity index (χ2n) is 4.87. The average molecular weight is 340 g/mol. The summed E-state index contributed by atoms with van der Waals surface area (Å²) < 4.78 is 10.1. The van der Waals surface area contributed by atoms with Crippen molar-refractivity contribution in [2.75, 3.05) is 11.5 Å². The van der Waals surface area contributed by atoms with Gasteiger partial charge in [0.2, 0.25) is 11.8 Å². The third-order valence-electron chi connectivity index (χ3n) is 3.23. The van der Waals surface area contributed by atoms with E-state index in [1.165, 1.54) is 12.3 Å². The highest BCUT2D eigenvalue weighted by atomic mass is 16.6. The minimum Gasteiger partial charge on any atom is -0.449 e. The van der Waals surface area contributed by atoms with Crippen LogP contribution in [0.5, 0.6) is 0 Å². The summed E-state index contributed by atoms with van der Waals surface area (Å²) in [7, 11) is 0. The van der Waals surface area contributed by atoms with Gasteiger partial charge in [-0.2, -0.15) is 4.90 Å². The minimum atomic E-state index is -0.835. The first-order valence-electron chi connectivity index (χ1n) is 7.44. The highest BCUT2D eigenvalue weighted by Crippen LogP contribution is 2.29. The van der Waals surface area contributed by atoms with Crippen LogP contribution in [0.15, 0.2) is 58.8 Å². The van der Waals surface area contributed by atoms with Gasteiger partial charge in [0.25, 0.3) is 0 Å². The van der Waals surface area contributed by atoms with E-state index >= 15 is 0 Å². The summed E-state index contributed by atoms with van der Waals surface area (Å²) in [6.07, 6.45) is 0.330. The highest BCUT2D eigenvalue weighted by molar-refractivity contribution is 6.13. The molecule has 0 saturated heterocycles. The van der Waals surface area contributed by atoms with Gasteiger partial charge in [0.05, 0.1) is 19.3 Å². The molecule has 25 heavy (non-hydrogen) atoms. The Morgan fingerprint density at radius 2 is 2.08 bits per heavy atom. The number of nitrogens with zero attached hydrogens (tertiary/aromatic N) is 4. The molecule has 0 spiro atoms. The monoisotopic (exact) mass is 340 g/mol. The van der Waals surface area contributed by atoms with E-state index in [-0.39, 0.29) is 18.9 Å². The number of furan rings is 1. The van der Waals surface area contributed by atoms with Crippen LogP contribution in [0.3, 0.4) is 0 Å². The van der Waals surface area contributed by atoms with Gasteiger partial charge in [-0.25, -0.2) is 4.79 Å². The second kappa shape index (κ2) is 8.37. The first kappa shape index (κ1) is 17.8. The number of amides is 2. The number of anilines is 1. The van der Waals surface area contributed by atoms with Crippen LogP contribution in [-0.4, -0.2) is 18.6 Å². The van der Waals surface area contributed by atoms with Crippen molar-refractivity contribution in [1.29, 1.82) is 0 Å². The Bertz CT molecular complexity index is 823. The van der Waals surface area contributed by atoms with E-state index in [9.17, 15) is 9.59 Å². The molecule has 2 aromatic rings. The van der Waals surface area contributed by atoms with Crippen LogP contribution in [0.4, 0.5) is 16.4 Å². The number of rotatable bonds is 6. The quantitative estimate of drug-likeness (QED) is 0.427. The van der Waals surface area contributed by atoms with E-state index in [4.69, 9.17) is 14.7 Å². The third kappa shape index (κ3) is 4.27. The van der Waals surface area contributed by atoms with Crippen molar-refractivity contribution >= 4 is 29.1 Å². The number of carbonyl (C=O) groups is 2. The summed E-state index contributed by atoms with van der Waals surface area (Å²) >= 11 is 0. The Labute approximate surface area is 143 Å². The number of carbonyl (C=O) groups excluding carboxylic acids is 2. The molecule has 0 N–H and O–H groups in total. The van der Waals surface area contributed by atoms with Crippen LogP contribution >= 0.6 is 0 Å². The van der Waals surface area contributed by atoms with E-state index in [1.807, 2.05) is 0 Å². The molecule has 2 amide bonds. The highest BCUT2D eigenvalue weighted by Gasteiger charge is 2.27. The lowest BCUT2D eigenvalue weighted by atomic mass is 10.0. The summed E-state index contributed by atoms with van der Waals surface area (Å²) in [6, 6.07) is 9.76. The minimum absolute atomic E-state index is 0.0552. The molecule has 128 valence electrons. The predicted molar refractivity (Wildman–Crippen MR) is 92.1 cm³/mol. The van der Waals surface area contributed by atoms with E-state index in [2.05, 4.69) is 16.6 Å². The molecule has 0 radical (unpaired) electrons. The summed E-state index contributed by atoms with van der Waals surface area (Å²) in [6.45, 7) is 5.62. The van der Waals surface area contributed by atoms with E-state index in [1.54, 1.807) is 37.3 Å². The van der Waals surface area contributed by atoms with Gasteiger partial charge in [-0.15, -0.1) is 0 Å². The Morgan fingerprint density at radius 1 is 1.32 bits per heavy atom. The van der Waals surface area contributed by atoms with Crippen LogP contribution in [0, 0.1) is 0 Å². The molecule has 2 rings (SSSR count). The number of benzene rings is 1. The average Bonchev–Trinajstić information content (AvgIpc) is 3.10. The van der Waals surface area contributed by atoms with Gasteiger partial charge in [0.1, 0.15) is 0 Å². The molecule has 8 nitrogen and oxygen atoms in total. The van der Waals surface area contributed by atoms with Gasteiger partial charge >= 0.3 is 6.09 Å². The number of hydrogen-bond acceptors (Lipinski definition) is 5. The molecule has 0 saturated carbocycles. The van der Waals surface area contributed by atoms with E-state index < -0.39 is 12.0 Å². The second-order valence-corrected chi connectivity index (χ2v) is 4.87. The van der Waals surface area contributed by atoms with Crippen LogP contribution in [0.2, 0.25) is 0 Å². The number of hydrogen-bond donors (Lipinski definition) is 0. The van der Waals surface area contributed by atoms with Crippen molar-refractivity contribution < 1.29 is 18.7 Å². The Kier molecular flexibility index (Phi) is 5.97. The Hall–Kier alpha value is -3.51. The van der Waals surface area contributed by atoms with Crippen molar-refractivity contribution in [1.82, 2.24) is 0 Å². The van der Waals surface area contributed by atoms with Crippen molar-refractivity contribution in [3.05, 3.63) is 65.2 Å². The molecule has 1 aromatic carbocycles. The van der Waals surface area contributed by atoms with Crippen LogP contribution in [0.25, 0.3) is 16.0 Å². The van der Waals surface area contributed by atoms with Gasteiger partial charge in [0, 0.05) is 16.7 Å². The zero-order valence-corrected chi connectivity index (χ0v) is 13.6. The fraction of sp³-hybridized carbons (Fsp3) is 0.176. The number of imide groups is 1. The summed E-state index contributed by atoms with van der Waals surface area (Å²) in [5, 5.41) is 3.58. The Balaban J connectivity index is 2.25. The van der Waals surface area contributed by atoms with Gasteiger partial charge in [-0.1, -0.05) is 36.0 Å². The van der Waals surface area contributed by atoms with Crippen molar-refractivity contribution in [3.63, 3.8) is 0 Å². The van der Waals surface area contributed by atoms with Crippen LogP contribution in [-0.2, 0) is 9.53 Å². The Morgan fingerprint density at radius 3 is 2.72 bits per heavy atom. The summed E-state index contributed by atoms with van der Waals surface area (Å²) in [4.78, 5) is 28.3. The van der Waals surface area contributed by atoms with Crippen LogP contribution in [0.1, 0.15) is 18.9 Å². The molecule has 0 fully saturated rings. The van der Waals surface area contributed by atoms with Crippen molar-refractivity contribution in [3.8, 4) is 0 Å². The molecule has 0 aliphatic heterocycles. The molecule has 0 atom stereocenters. The first-order valence-corrected chi connectivity index (χ1v) is 7.44. The molecule has 0 unspecified atom stereocenters. The molecule has 1 heterocycles. The maximum Gasteiger partial charge on any atom is 0.423 e. The molecule has 0 aliphatic rings. The SMILES string of the molecule is C=C(CC(=O)N(C(=O)OCC)c1ccco1)c1ccccc1N=[N+]=[N-]. The van der Waals surface area contributed by atoms with Crippen LogP contribution < -0.4 is 4.90 Å². The molecule has 1 aromatic heterocycles. The molecular formula is C17H16N4O4. The topological polar surface area (TPSA) is 109 Å². The fourth-order valence-corrected chi connectivity index (χ4v) is 2.16. The molecule has 8 heteroatoms. The van der Waals surface area contributed by atoms with E-state index in [0.29, 0.717) is 16.8 Å². The fourth-order valence-electron chi connectivity index (χ4n) is 2.16. The predicted octanol–water partition coefficient (Wildman–Crippen LogP) is 4.81. The maximum atomic E-state index is 12.6. The van der Waals surface area contributed by atoms with Gasteiger partial charge in [-0.3, -0.25) is 4.79 Å². The summed E-state index contributed by atoms with van der Waals surface area (Å²) in [5.41, 5.74) is 9.91. The number of ether oxygens (including phenoxy) is 1. The van der Waals surface area contributed by atoms with Gasteiger partial charge < -0.3 is 9.15 Å². The lowest BCUT2D eigenvalue weighted by Crippen LogP contribution is -2.37. The van der Waals surface area contributed by atoms with Crippen molar-refractivity contribution in [2.45, 2.75) is 13.3 Å². The third-order valence-corrected chi connectivity index (χ3v) is 3.23. The normalized spacial score (nSPS) is 9.80. The van der Waals surface area contributed by atoms with E-state index in [0.717, 1.165) is 4.90 Å². The van der Waals surface area contributed by atoms with Crippen molar-refractivity contribution in [2.24, 2.45) is 5.11 Å². The standard InChI is InChI=1S/C17H16N4O4/c1-3-24-17(23)21(16-9-6-10-25-16)15(22)11-12(2)13-7-4-5-8-14(13)19-20-18/h4-10H,2-3,11H2,1H3. The summed E-state index contributed by atoms with van der Waals surface area (Å²) in [5.74, 6) is -0.520. The lowest BCUT2D eigenvalue weighted by molar-refractivity contribution is -0.117. The maximum absolute atomic E-state index is 12.6. The zero-order chi connectivity index (χ0) is 18.2. The molecule has 0 aliphatic carbocycles. The lowest BCUT2D eigenvalue weighted by Gasteiger charge is -2.18. The smallest absolute Gasteiger partial charge is 0.423 e. The van der Waals surface area contributed by atoms with Gasteiger partial charge in [-0.05, 0) is 29.7 Å². The molecule has 0 bridgehead atoms. The number of azide groups is 1.